The van der Waals surface area contributed by atoms with Crippen LogP contribution in [-0.4, -0.2) is 37.1 Å². The van der Waals surface area contributed by atoms with Crippen LogP contribution in [-0.2, 0) is 6.42 Å². The summed E-state index contributed by atoms with van der Waals surface area (Å²) < 4.78 is 0. The first-order valence-electron chi connectivity index (χ1n) is 6.47. The molecule has 1 heterocycles. The maximum Gasteiger partial charge on any atom is 0.133 e. The van der Waals surface area contributed by atoms with Crippen LogP contribution in [0.25, 0.3) is 10.8 Å². The summed E-state index contributed by atoms with van der Waals surface area (Å²) in [7, 11) is 4.15. The lowest BCUT2D eigenvalue weighted by atomic mass is 10.0. The summed E-state index contributed by atoms with van der Waals surface area (Å²) in [4.78, 5) is 6.61. The third kappa shape index (κ3) is 2.79. The molecule has 0 amide bonds. The average molecular weight is 243 g/mol. The molecule has 18 heavy (non-hydrogen) atoms. The fraction of sp³-hybridized carbons (Fsp3) is 0.400. The van der Waals surface area contributed by atoms with E-state index in [2.05, 4.69) is 60.5 Å². The molecule has 0 aliphatic carbocycles. The number of aryl methyl sites for hydroxylation is 1. The van der Waals surface area contributed by atoms with Gasteiger partial charge in [0.1, 0.15) is 5.82 Å². The fourth-order valence-corrected chi connectivity index (χ4v) is 2.12. The third-order valence-electron chi connectivity index (χ3n) is 3.13. The minimum Gasteiger partial charge on any atom is -0.368 e. The van der Waals surface area contributed by atoms with Crippen molar-refractivity contribution < 1.29 is 0 Å². The van der Waals surface area contributed by atoms with Crippen LogP contribution in [0.1, 0.15) is 12.5 Å². The van der Waals surface area contributed by atoms with Gasteiger partial charge in [0.05, 0.1) is 0 Å². The Morgan fingerprint density at radius 1 is 1.17 bits per heavy atom. The third-order valence-corrected chi connectivity index (χ3v) is 3.13. The van der Waals surface area contributed by atoms with Crippen LogP contribution < -0.4 is 5.32 Å². The molecule has 1 aromatic heterocycles. The highest BCUT2D eigenvalue weighted by molar-refractivity contribution is 5.93. The van der Waals surface area contributed by atoms with Crippen LogP contribution in [0.2, 0.25) is 0 Å². The molecule has 0 radical (unpaired) electrons. The van der Waals surface area contributed by atoms with Gasteiger partial charge in [0.2, 0.25) is 0 Å². The molecule has 1 aromatic carbocycles. The van der Waals surface area contributed by atoms with Crippen LogP contribution in [0.4, 0.5) is 5.82 Å². The SMILES string of the molecule is CCc1cccc2c(NCCN(C)C)nccc12. The number of hydrogen-bond acceptors (Lipinski definition) is 3. The Bertz CT molecular complexity index is 520. The van der Waals surface area contributed by atoms with Crippen LogP contribution in [0.3, 0.4) is 0 Å². The second-order valence-corrected chi connectivity index (χ2v) is 4.76. The van der Waals surface area contributed by atoms with Gasteiger partial charge in [-0.05, 0) is 37.5 Å². The zero-order chi connectivity index (χ0) is 13.0. The van der Waals surface area contributed by atoms with Gasteiger partial charge in [0, 0.05) is 24.7 Å². The molecular formula is C15H21N3. The van der Waals surface area contributed by atoms with Crippen molar-refractivity contribution in [2.45, 2.75) is 13.3 Å². The maximum atomic E-state index is 4.45. The minimum absolute atomic E-state index is 0.912. The number of nitrogens with zero attached hydrogens (tertiary/aromatic N) is 2. The smallest absolute Gasteiger partial charge is 0.133 e. The predicted molar refractivity (Wildman–Crippen MR) is 78.2 cm³/mol. The number of pyridine rings is 1. The number of fused-ring (bicyclic) bond motifs is 1. The number of likely N-dealkylation sites (N-methyl/N-ethyl adjacent to an activating group) is 1. The number of aromatic nitrogens is 1. The van der Waals surface area contributed by atoms with Crippen molar-refractivity contribution in [2.24, 2.45) is 0 Å². The Labute approximate surface area is 109 Å². The van der Waals surface area contributed by atoms with E-state index in [1.807, 2.05) is 6.20 Å². The first-order valence-corrected chi connectivity index (χ1v) is 6.47. The summed E-state index contributed by atoms with van der Waals surface area (Å²) >= 11 is 0. The number of benzene rings is 1. The molecule has 0 atom stereocenters. The van der Waals surface area contributed by atoms with E-state index in [9.17, 15) is 0 Å². The van der Waals surface area contributed by atoms with Crippen molar-refractivity contribution >= 4 is 16.6 Å². The van der Waals surface area contributed by atoms with Gasteiger partial charge in [0.25, 0.3) is 0 Å². The standard InChI is InChI=1S/C15H21N3/c1-4-12-6-5-7-14-13(12)8-9-16-15(14)17-10-11-18(2)3/h5-9H,4,10-11H2,1-3H3,(H,16,17). The topological polar surface area (TPSA) is 28.2 Å². The Morgan fingerprint density at radius 2 is 2.00 bits per heavy atom. The zero-order valence-electron chi connectivity index (χ0n) is 11.4. The monoisotopic (exact) mass is 243 g/mol. The van der Waals surface area contributed by atoms with Gasteiger partial charge < -0.3 is 10.2 Å². The first-order chi connectivity index (χ1) is 8.72. The van der Waals surface area contributed by atoms with E-state index in [1.165, 1.54) is 16.3 Å². The largest absolute Gasteiger partial charge is 0.368 e. The minimum atomic E-state index is 0.912. The lowest BCUT2D eigenvalue weighted by molar-refractivity contribution is 0.425. The van der Waals surface area contributed by atoms with Crippen LogP contribution in [0, 0.1) is 0 Å². The van der Waals surface area contributed by atoms with E-state index in [1.54, 1.807) is 0 Å². The van der Waals surface area contributed by atoms with Gasteiger partial charge in [-0.15, -0.1) is 0 Å². The highest BCUT2D eigenvalue weighted by Gasteiger charge is 2.04. The summed E-state index contributed by atoms with van der Waals surface area (Å²) in [5, 5.41) is 5.94. The second kappa shape index (κ2) is 5.83. The van der Waals surface area contributed by atoms with Crippen molar-refractivity contribution in [3.05, 3.63) is 36.0 Å². The number of hydrogen-bond donors (Lipinski definition) is 1. The van der Waals surface area contributed by atoms with E-state index in [4.69, 9.17) is 0 Å². The van der Waals surface area contributed by atoms with E-state index < -0.39 is 0 Å². The molecule has 0 saturated heterocycles. The van der Waals surface area contributed by atoms with Gasteiger partial charge >= 0.3 is 0 Å². The molecule has 2 aromatic rings. The first kappa shape index (κ1) is 12.8. The zero-order valence-corrected chi connectivity index (χ0v) is 11.4. The van der Waals surface area contributed by atoms with Crippen LogP contribution in [0.5, 0.6) is 0 Å². The Hall–Kier alpha value is -1.61. The van der Waals surface area contributed by atoms with Gasteiger partial charge in [-0.2, -0.15) is 0 Å². The highest BCUT2D eigenvalue weighted by atomic mass is 15.1. The summed E-state index contributed by atoms with van der Waals surface area (Å²) in [6, 6.07) is 8.54. The van der Waals surface area contributed by atoms with Crippen LogP contribution in [0.15, 0.2) is 30.5 Å². The molecule has 96 valence electrons. The molecule has 3 heteroatoms. The quantitative estimate of drug-likeness (QED) is 0.875. The Balaban J connectivity index is 2.28. The lowest BCUT2D eigenvalue weighted by Gasteiger charge is -2.13. The normalized spacial score (nSPS) is 11.1. The molecule has 0 unspecified atom stereocenters. The predicted octanol–water partition coefficient (Wildman–Crippen LogP) is 2.77. The van der Waals surface area contributed by atoms with E-state index in [-0.39, 0.29) is 0 Å². The fourth-order valence-electron chi connectivity index (χ4n) is 2.12. The number of nitrogens with one attached hydrogen (secondary N) is 1. The molecule has 2 rings (SSSR count). The second-order valence-electron chi connectivity index (χ2n) is 4.76. The highest BCUT2D eigenvalue weighted by Crippen LogP contribution is 2.24. The summed E-state index contributed by atoms with van der Waals surface area (Å²) in [5.41, 5.74) is 1.38. The molecule has 0 saturated carbocycles. The van der Waals surface area contributed by atoms with Crippen molar-refractivity contribution in [3.8, 4) is 0 Å². The van der Waals surface area contributed by atoms with E-state index in [0.29, 0.717) is 0 Å². The Kier molecular flexibility index (Phi) is 4.15. The Morgan fingerprint density at radius 3 is 2.72 bits per heavy atom. The molecule has 0 fully saturated rings. The van der Waals surface area contributed by atoms with E-state index >= 15 is 0 Å². The van der Waals surface area contributed by atoms with E-state index in [0.717, 1.165) is 25.3 Å². The molecule has 1 N–H and O–H groups in total. The van der Waals surface area contributed by atoms with Crippen LogP contribution >= 0.6 is 0 Å². The maximum absolute atomic E-state index is 4.45. The molecule has 0 aliphatic heterocycles. The molecule has 0 bridgehead atoms. The van der Waals surface area contributed by atoms with Gasteiger partial charge in [-0.3, -0.25) is 0 Å². The average Bonchev–Trinajstić information content (AvgIpc) is 2.38. The summed E-state index contributed by atoms with van der Waals surface area (Å²) in [6.07, 6.45) is 2.94. The number of anilines is 1. The van der Waals surface area contributed by atoms with Gasteiger partial charge in [-0.1, -0.05) is 25.1 Å². The van der Waals surface area contributed by atoms with Gasteiger partial charge in [0.15, 0.2) is 0 Å². The summed E-state index contributed by atoms with van der Waals surface area (Å²) in [5.74, 6) is 0.990. The lowest BCUT2D eigenvalue weighted by Crippen LogP contribution is -2.21. The van der Waals surface area contributed by atoms with Crippen molar-refractivity contribution in [3.63, 3.8) is 0 Å². The molecular weight excluding hydrogens is 222 g/mol. The van der Waals surface area contributed by atoms with Crippen molar-refractivity contribution in [1.82, 2.24) is 9.88 Å². The van der Waals surface area contributed by atoms with Gasteiger partial charge in [-0.25, -0.2) is 4.98 Å². The van der Waals surface area contributed by atoms with Crippen molar-refractivity contribution in [1.29, 1.82) is 0 Å². The molecule has 0 aliphatic rings. The molecule has 0 spiro atoms. The molecule has 3 nitrogen and oxygen atoms in total. The van der Waals surface area contributed by atoms with Crippen molar-refractivity contribution in [2.75, 3.05) is 32.5 Å². The summed E-state index contributed by atoms with van der Waals surface area (Å²) in [6.45, 7) is 4.11. The number of rotatable bonds is 5.